The van der Waals surface area contributed by atoms with E-state index in [9.17, 15) is 0 Å². The van der Waals surface area contributed by atoms with Crippen LogP contribution in [0.1, 0.15) is 12.8 Å². The minimum Gasteiger partial charge on any atom is -0.396 e. The summed E-state index contributed by atoms with van der Waals surface area (Å²) in [6.07, 6.45) is 2.37. The van der Waals surface area contributed by atoms with Crippen molar-refractivity contribution >= 4 is 11.8 Å². The molecule has 0 spiro atoms. The molecular formula is C13H19NOS. The van der Waals surface area contributed by atoms with Gasteiger partial charge in [-0.05, 0) is 25.0 Å². The van der Waals surface area contributed by atoms with Crippen molar-refractivity contribution in [3.05, 3.63) is 30.3 Å². The third-order valence-electron chi connectivity index (χ3n) is 3.08. The summed E-state index contributed by atoms with van der Waals surface area (Å²) in [4.78, 5) is 1.33. The predicted octanol–water partition coefficient (Wildman–Crippen LogP) is 2.14. The van der Waals surface area contributed by atoms with Gasteiger partial charge in [-0.25, -0.2) is 0 Å². The van der Waals surface area contributed by atoms with E-state index in [1.54, 1.807) is 0 Å². The molecule has 0 aliphatic heterocycles. The average molecular weight is 237 g/mol. The standard InChI is InChI=1S/C13H19NOS/c15-11-13(6-7-13)10-14-8-9-16-12-4-2-1-3-5-12/h1-5,14-15H,6-11H2. The molecule has 1 aromatic rings. The van der Waals surface area contributed by atoms with Crippen molar-refractivity contribution in [1.29, 1.82) is 0 Å². The van der Waals surface area contributed by atoms with E-state index in [0.717, 1.165) is 18.8 Å². The van der Waals surface area contributed by atoms with E-state index >= 15 is 0 Å². The number of nitrogens with one attached hydrogen (secondary N) is 1. The minimum absolute atomic E-state index is 0.234. The number of benzene rings is 1. The van der Waals surface area contributed by atoms with Gasteiger partial charge in [-0.3, -0.25) is 0 Å². The second-order valence-electron chi connectivity index (χ2n) is 4.50. The Morgan fingerprint density at radius 2 is 2.00 bits per heavy atom. The van der Waals surface area contributed by atoms with E-state index in [1.165, 1.54) is 17.7 Å². The molecule has 0 radical (unpaired) electrons. The second kappa shape index (κ2) is 5.71. The summed E-state index contributed by atoms with van der Waals surface area (Å²) in [5, 5.41) is 12.6. The molecule has 16 heavy (non-hydrogen) atoms. The molecular weight excluding hydrogens is 218 g/mol. The minimum atomic E-state index is 0.234. The third kappa shape index (κ3) is 3.51. The monoisotopic (exact) mass is 237 g/mol. The van der Waals surface area contributed by atoms with Gasteiger partial charge in [-0.2, -0.15) is 0 Å². The van der Waals surface area contributed by atoms with Crippen molar-refractivity contribution in [2.24, 2.45) is 5.41 Å². The normalized spacial score (nSPS) is 17.3. The molecule has 88 valence electrons. The van der Waals surface area contributed by atoms with Crippen molar-refractivity contribution < 1.29 is 5.11 Å². The zero-order valence-electron chi connectivity index (χ0n) is 9.48. The molecule has 1 saturated carbocycles. The molecule has 0 bridgehead atoms. The quantitative estimate of drug-likeness (QED) is 0.563. The van der Waals surface area contributed by atoms with Crippen LogP contribution in [0.5, 0.6) is 0 Å². The van der Waals surface area contributed by atoms with Gasteiger partial charge in [0.1, 0.15) is 0 Å². The van der Waals surface area contributed by atoms with Crippen molar-refractivity contribution in [3.63, 3.8) is 0 Å². The summed E-state index contributed by atoms with van der Waals surface area (Å²) in [5.74, 6) is 1.09. The topological polar surface area (TPSA) is 32.3 Å². The van der Waals surface area contributed by atoms with Crippen LogP contribution in [0.3, 0.4) is 0 Å². The van der Waals surface area contributed by atoms with Crippen molar-refractivity contribution in [2.75, 3.05) is 25.4 Å². The second-order valence-corrected chi connectivity index (χ2v) is 5.66. The Morgan fingerprint density at radius 1 is 1.25 bits per heavy atom. The zero-order chi connectivity index (χ0) is 11.3. The molecule has 1 aromatic carbocycles. The van der Waals surface area contributed by atoms with E-state index in [1.807, 2.05) is 17.8 Å². The van der Waals surface area contributed by atoms with Gasteiger partial charge in [0.2, 0.25) is 0 Å². The average Bonchev–Trinajstić information content (AvgIpc) is 3.11. The van der Waals surface area contributed by atoms with Gasteiger partial charge in [-0.15, -0.1) is 11.8 Å². The summed E-state index contributed by atoms with van der Waals surface area (Å²) in [7, 11) is 0. The zero-order valence-corrected chi connectivity index (χ0v) is 10.3. The van der Waals surface area contributed by atoms with Crippen LogP contribution in [-0.2, 0) is 0 Å². The summed E-state index contributed by atoms with van der Waals surface area (Å²) in [5.41, 5.74) is 0.234. The first-order chi connectivity index (χ1) is 7.85. The number of thioether (sulfide) groups is 1. The van der Waals surface area contributed by atoms with Gasteiger partial charge in [-0.1, -0.05) is 18.2 Å². The van der Waals surface area contributed by atoms with Crippen LogP contribution in [-0.4, -0.2) is 30.6 Å². The SMILES string of the molecule is OCC1(CNCCSc2ccccc2)CC1. The van der Waals surface area contributed by atoms with Crippen molar-refractivity contribution in [3.8, 4) is 0 Å². The molecule has 0 heterocycles. The molecule has 0 unspecified atom stereocenters. The van der Waals surface area contributed by atoms with Crippen LogP contribution in [0.4, 0.5) is 0 Å². The Balaban J connectivity index is 1.56. The van der Waals surface area contributed by atoms with Crippen molar-refractivity contribution in [2.45, 2.75) is 17.7 Å². The highest BCUT2D eigenvalue weighted by atomic mass is 32.2. The lowest BCUT2D eigenvalue weighted by molar-refractivity contribution is 0.208. The van der Waals surface area contributed by atoms with Crippen LogP contribution in [0.2, 0.25) is 0 Å². The number of hydrogen-bond acceptors (Lipinski definition) is 3. The van der Waals surface area contributed by atoms with Crippen molar-refractivity contribution in [1.82, 2.24) is 5.32 Å². The van der Waals surface area contributed by atoms with Gasteiger partial charge in [0.15, 0.2) is 0 Å². The maximum absolute atomic E-state index is 9.15. The maximum atomic E-state index is 9.15. The lowest BCUT2D eigenvalue weighted by atomic mass is 10.1. The lowest BCUT2D eigenvalue weighted by Gasteiger charge is -2.12. The third-order valence-corrected chi connectivity index (χ3v) is 4.10. The number of aliphatic hydroxyl groups excluding tert-OH is 1. The molecule has 3 heteroatoms. The highest BCUT2D eigenvalue weighted by Crippen LogP contribution is 2.44. The molecule has 2 nitrogen and oxygen atoms in total. The Bertz CT molecular complexity index is 311. The van der Waals surface area contributed by atoms with E-state index < -0.39 is 0 Å². The largest absolute Gasteiger partial charge is 0.396 e. The Morgan fingerprint density at radius 3 is 2.62 bits per heavy atom. The van der Waals surface area contributed by atoms with E-state index in [-0.39, 0.29) is 5.41 Å². The molecule has 0 amide bonds. The number of hydrogen-bond donors (Lipinski definition) is 2. The molecule has 1 fully saturated rings. The molecule has 0 aromatic heterocycles. The first kappa shape index (κ1) is 12.0. The molecule has 1 aliphatic carbocycles. The summed E-state index contributed by atoms with van der Waals surface area (Å²) in [6.45, 7) is 2.33. The lowest BCUT2D eigenvalue weighted by Crippen LogP contribution is -2.28. The van der Waals surface area contributed by atoms with Gasteiger partial charge >= 0.3 is 0 Å². The molecule has 0 atom stereocenters. The van der Waals surface area contributed by atoms with Crippen LogP contribution >= 0.6 is 11.8 Å². The van der Waals surface area contributed by atoms with Crippen LogP contribution < -0.4 is 5.32 Å². The Labute approximate surface area is 101 Å². The summed E-state index contributed by atoms with van der Waals surface area (Å²) in [6, 6.07) is 10.5. The van der Waals surface area contributed by atoms with Crippen LogP contribution in [0.25, 0.3) is 0 Å². The number of aliphatic hydroxyl groups is 1. The molecule has 0 saturated heterocycles. The molecule has 1 aliphatic rings. The van der Waals surface area contributed by atoms with E-state index in [2.05, 4.69) is 29.6 Å². The van der Waals surface area contributed by atoms with Crippen LogP contribution in [0.15, 0.2) is 35.2 Å². The smallest absolute Gasteiger partial charge is 0.0499 e. The summed E-state index contributed by atoms with van der Waals surface area (Å²) >= 11 is 1.87. The maximum Gasteiger partial charge on any atom is 0.0499 e. The Hall–Kier alpha value is -0.510. The highest BCUT2D eigenvalue weighted by molar-refractivity contribution is 7.99. The molecule has 2 N–H and O–H groups in total. The molecule has 2 rings (SSSR count). The highest BCUT2D eigenvalue weighted by Gasteiger charge is 2.41. The van der Waals surface area contributed by atoms with Gasteiger partial charge in [0, 0.05) is 35.8 Å². The Kier molecular flexibility index (Phi) is 4.27. The van der Waals surface area contributed by atoms with Crippen LogP contribution in [0, 0.1) is 5.41 Å². The van der Waals surface area contributed by atoms with E-state index in [4.69, 9.17) is 5.11 Å². The fourth-order valence-electron chi connectivity index (χ4n) is 1.68. The predicted molar refractivity (Wildman–Crippen MR) is 68.8 cm³/mol. The van der Waals surface area contributed by atoms with Gasteiger partial charge < -0.3 is 10.4 Å². The first-order valence-corrected chi connectivity index (χ1v) is 6.83. The van der Waals surface area contributed by atoms with Gasteiger partial charge in [0.05, 0.1) is 0 Å². The fraction of sp³-hybridized carbons (Fsp3) is 0.538. The first-order valence-electron chi connectivity index (χ1n) is 5.84. The summed E-state index contributed by atoms with van der Waals surface area (Å²) < 4.78 is 0. The van der Waals surface area contributed by atoms with E-state index in [0.29, 0.717) is 6.61 Å². The number of rotatable bonds is 7. The van der Waals surface area contributed by atoms with Gasteiger partial charge in [0.25, 0.3) is 0 Å². The fourth-order valence-corrected chi connectivity index (χ4v) is 2.51.